The minimum Gasteiger partial charge on any atom is -0.338 e. The van der Waals surface area contributed by atoms with E-state index in [1.807, 2.05) is 0 Å². The van der Waals surface area contributed by atoms with Crippen LogP contribution in [0.15, 0.2) is 18.2 Å². The molecule has 0 radical (unpaired) electrons. The lowest BCUT2D eigenvalue weighted by atomic mass is 10.1. The molecule has 1 saturated heterocycles. The van der Waals surface area contributed by atoms with Gasteiger partial charge in [0.05, 0.1) is 12.1 Å². The molecule has 0 saturated carbocycles. The monoisotopic (exact) mass is 335 g/mol. The van der Waals surface area contributed by atoms with Crippen molar-refractivity contribution in [2.75, 3.05) is 32.7 Å². The van der Waals surface area contributed by atoms with Gasteiger partial charge in [0.2, 0.25) is 5.91 Å². The molecule has 0 aromatic heterocycles. The van der Waals surface area contributed by atoms with Crippen LogP contribution >= 0.6 is 24.0 Å². The van der Waals surface area contributed by atoms with E-state index in [1.54, 1.807) is 4.90 Å². The Bertz CT molecular complexity index is 534. The second-order valence-corrected chi connectivity index (χ2v) is 4.94. The fraction of sp³-hybridized carbons (Fsp3) is 0.385. The molecular weight excluding hydrogens is 320 g/mol. The molecule has 0 aliphatic carbocycles. The van der Waals surface area contributed by atoms with E-state index < -0.39 is 5.82 Å². The molecule has 1 aliphatic heterocycles. The van der Waals surface area contributed by atoms with Crippen molar-refractivity contribution in [2.24, 2.45) is 5.73 Å². The lowest BCUT2D eigenvalue weighted by molar-refractivity contribution is -0.131. The van der Waals surface area contributed by atoms with Crippen molar-refractivity contribution < 1.29 is 14.0 Å². The highest BCUT2D eigenvalue weighted by Crippen LogP contribution is 2.17. The highest BCUT2D eigenvalue weighted by Gasteiger charge is 2.25. The number of halogens is 3. The smallest absolute Gasteiger partial charge is 0.256 e. The Morgan fingerprint density at radius 3 is 2.29 bits per heavy atom. The predicted octanol–water partition coefficient (Wildman–Crippen LogP) is 1.14. The number of benzene rings is 1. The third-order valence-electron chi connectivity index (χ3n) is 3.26. The van der Waals surface area contributed by atoms with E-state index in [0.717, 1.165) is 6.07 Å². The zero-order valence-corrected chi connectivity index (χ0v) is 12.8. The fourth-order valence-electron chi connectivity index (χ4n) is 2.12. The first-order valence-corrected chi connectivity index (χ1v) is 6.63. The van der Waals surface area contributed by atoms with Gasteiger partial charge in [0.25, 0.3) is 5.91 Å². The summed E-state index contributed by atoms with van der Waals surface area (Å²) in [5.74, 6) is -1.17. The van der Waals surface area contributed by atoms with Crippen LogP contribution in [0.25, 0.3) is 0 Å². The van der Waals surface area contributed by atoms with E-state index in [-0.39, 0.29) is 41.4 Å². The Labute approximate surface area is 133 Å². The highest BCUT2D eigenvalue weighted by molar-refractivity contribution is 6.30. The van der Waals surface area contributed by atoms with Crippen LogP contribution in [0.5, 0.6) is 0 Å². The maximum Gasteiger partial charge on any atom is 0.256 e. The quantitative estimate of drug-likeness (QED) is 0.881. The maximum atomic E-state index is 13.7. The number of rotatable bonds is 2. The van der Waals surface area contributed by atoms with Crippen molar-refractivity contribution in [1.82, 2.24) is 9.80 Å². The summed E-state index contributed by atoms with van der Waals surface area (Å²) in [5, 5.41) is 0.248. The zero-order valence-electron chi connectivity index (χ0n) is 11.2. The molecule has 1 aromatic carbocycles. The van der Waals surface area contributed by atoms with Crippen LogP contribution in [0, 0.1) is 5.82 Å². The van der Waals surface area contributed by atoms with E-state index in [0.29, 0.717) is 26.2 Å². The van der Waals surface area contributed by atoms with Gasteiger partial charge in [-0.25, -0.2) is 4.39 Å². The summed E-state index contributed by atoms with van der Waals surface area (Å²) in [4.78, 5) is 26.7. The molecule has 2 amide bonds. The van der Waals surface area contributed by atoms with Gasteiger partial charge in [0.15, 0.2) is 0 Å². The molecule has 1 aliphatic rings. The minimum atomic E-state index is -0.636. The van der Waals surface area contributed by atoms with Gasteiger partial charge < -0.3 is 15.5 Å². The van der Waals surface area contributed by atoms with E-state index in [4.69, 9.17) is 17.3 Å². The second-order valence-electron chi connectivity index (χ2n) is 4.50. The van der Waals surface area contributed by atoms with Gasteiger partial charge in [-0.15, -0.1) is 12.4 Å². The topological polar surface area (TPSA) is 66.6 Å². The molecule has 0 unspecified atom stereocenters. The van der Waals surface area contributed by atoms with Gasteiger partial charge in [-0.1, -0.05) is 11.6 Å². The maximum absolute atomic E-state index is 13.7. The molecule has 2 N–H and O–H groups in total. The van der Waals surface area contributed by atoms with E-state index in [1.165, 1.54) is 17.0 Å². The number of amides is 2. The fourth-order valence-corrected chi connectivity index (χ4v) is 2.28. The molecular formula is C13H16Cl2FN3O2. The molecule has 2 rings (SSSR count). The summed E-state index contributed by atoms with van der Waals surface area (Å²) in [6.45, 7) is 1.52. The zero-order chi connectivity index (χ0) is 14.7. The van der Waals surface area contributed by atoms with Crippen LogP contribution in [-0.2, 0) is 4.79 Å². The number of carbonyl (C=O) groups is 2. The molecule has 116 valence electrons. The highest BCUT2D eigenvalue weighted by atomic mass is 35.5. The van der Waals surface area contributed by atoms with Gasteiger partial charge in [-0.2, -0.15) is 0 Å². The Kier molecular flexibility index (Phi) is 6.39. The Hall–Kier alpha value is -1.37. The first-order chi connectivity index (χ1) is 9.52. The average Bonchev–Trinajstić information content (AvgIpc) is 2.46. The van der Waals surface area contributed by atoms with Gasteiger partial charge in [-0.05, 0) is 18.2 Å². The summed E-state index contributed by atoms with van der Waals surface area (Å²) < 4.78 is 13.7. The van der Waals surface area contributed by atoms with Crippen LogP contribution in [0.1, 0.15) is 10.4 Å². The van der Waals surface area contributed by atoms with E-state index in [9.17, 15) is 14.0 Å². The number of carbonyl (C=O) groups excluding carboxylic acids is 2. The Morgan fingerprint density at radius 2 is 1.76 bits per heavy atom. The summed E-state index contributed by atoms with van der Waals surface area (Å²) >= 11 is 5.66. The lowest BCUT2D eigenvalue weighted by Gasteiger charge is -2.34. The van der Waals surface area contributed by atoms with Gasteiger partial charge in [0, 0.05) is 31.2 Å². The molecule has 0 spiro atoms. The molecule has 1 fully saturated rings. The third-order valence-corrected chi connectivity index (χ3v) is 3.49. The second kappa shape index (κ2) is 7.59. The predicted molar refractivity (Wildman–Crippen MR) is 80.2 cm³/mol. The number of hydrogen-bond donors (Lipinski definition) is 1. The van der Waals surface area contributed by atoms with Crippen molar-refractivity contribution in [1.29, 1.82) is 0 Å². The molecule has 5 nitrogen and oxygen atoms in total. The SMILES string of the molecule is Cl.NCC(=O)N1CCN(C(=O)c2ccc(Cl)cc2F)CC1. The van der Waals surface area contributed by atoms with Crippen LogP contribution in [0.4, 0.5) is 4.39 Å². The largest absolute Gasteiger partial charge is 0.338 e. The van der Waals surface area contributed by atoms with Crippen LogP contribution in [0.2, 0.25) is 5.02 Å². The molecule has 1 heterocycles. The van der Waals surface area contributed by atoms with Gasteiger partial charge in [0.1, 0.15) is 5.82 Å². The first-order valence-electron chi connectivity index (χ1n) is 6.25. The standard InChI is InChI=1S/C13H15ClFN3O2.ClH/c14-9-1-2-10(11(15)7-9)13(20)18-5-3-17(4-6-18)12(19)8-16;/h1-2,7H,3-6,8,16H2;1H. The summed E-state index contributed by atoms with van der Waals surface area (Å²) in [7, 11) is 0. The Morgan fingerprint density at radius 1 is 1.19 bits per heavy atom. The van der Waals surface area contributed by atoms with Crippen molar-refractivity contribution in [3.8, 4) is 0 Å². The van der Waals surface area contributed by atoms with Crippen LogP contribution < -0.4 is 5.73 Å². The number of nitrogens with two attached hydrogens (primary N) is 1. The van der Waals surface area contributed by atoms with Crippen molar-refractivity contribution in [2.45, 2.75) is 0 Å². The summed E-state index contributed by atoms with van der Waals surface area (Å²) in [6.07, 6.45) is 0. The number of nitrogens with zero attached hydrogens (tertiary/aromatic N) is 2. The minimum absolute atomic E-state index is 0. The molecule has 0 bridgehead atoms. The summed E-state index contributed by atoms with van der Waals surface area (Å²) in [6, 6.07) is 3.96. The van der Waals surface area contributed by atoms with Gasteiger partial charge >= 0.3 is 0 Å². The molecule has 8 heteroatoms. The molecule has 1 aromatic rings. The summed E-state index contributed by atoms with van der Waals surface area (Å²) in [5.41, 5.74) is 5.28. The first kappa shape index (κ1) is 17.7. The molecule has 21 heavy (non-hydrogen) atoms. The van der Waals surface area contributed by atoms with E-state index in [2.05, 4.69) is 0 Å². The van der Waals surface area contributed by atoms with Crippen molar-refractivity contribution in [3.05, 3.63) is 34.6 Å². The molecule has 0 atom stereocenters. The van der Waals surface area contributed by atoms with Crippen LogP contribution in [0.3, 0.4) is 0 Å². The normalized spacial score (nSPS) is 14.6. The van der Waals surface area contributed by atoms with E-state index >= 15 is 0 Å². The average molecular weight is 336 g/mol. The number of piperazine rings is 1. The van der Waals surface area contributed by atoms with Gasteiger partial charge in [-0.3, -0.25) is 9.59 Å². The third kappa shape index (κ3) is 4.06. The van der Waals surface area contributed by atoms with Crippen molar-refractivity contribution >= 4 is 35.8 Å². The number of hydrogen-bond acceptors (Lipinski definition) is 3. The van der Waals surface area contributed by atoms with Crippen molar-refractivity contribution in [3.63, 3.8) is 0 Å². The van der Waals surface area contributed by atoms with Crippen LogP contribution in [-0.4, -0.2) is 54.3 Å². The Balaban J connectivity index is 0.00000220. The lowest BCUT2D eigenvalue weighted by Crippen LogP contribution is -2.52.